The summed E-state index contributed by atoms with van der Waals surface area (Å²) >= 11 is 0. The van der Waals surface area contributed by atoms with E-state index >= 15 is 0 Å². The Labute approximate surface area is 120 Å². The van der Waals surface area contributed by atoms with Crippen molar-refractivity contribution in [2.75, 3.05) is 13.1 Å². The van der Waals surface area contributed by atoms with E-state index in [1.165, 1.54) is 19.3 Å². The van der Waals surface area contributed by atoms with Crippen LogP contribution in [0.3, 0.4) is 0 Å². The highest BCUT2D eigenvalue weighted by atomic mass is 15.0. The molecule has 3 unspecified atom stereocenters. The molecular formula is C17H36N2. The quantitative estimate of drug-likeness (QED) is 0.771. The van der Waals surface area contributed by atoms with Gasteiger partial charge in [-0.15, -0.1) is 0 Å². The molecule has 0 amide bonds. The molecule has 114 valence electrons. The van der Waals surface area contributed by atoms with Crippen molar-refractivity contribution in [1.82, 2.24) is 5.32 Å². The van der Waals surface area contributed by atoms with Crippen molar-refractivity contribution in [2.24, 2.45) is 35.3 Å². The normalized spacial score (nSPS) is 32.5. The number of hydrogen-bond acceptors (Lipinski definition) is 2. The Balaban J connectivity index is 2.65. The largest absolute Gasteiger partial charge is 0.329 e. The third kappa shape index (κ3) is 4.19. The smallest absolute Gasteiger partial charge is 0.0330 e. The lowest BCUT2D eigenvalue weighted by Gasteiger charge is -2.46. The van der Waals surface area contributed by atoms with E-state index in [0.29, 0.717) is 5.92 Å². The fraction of sp³-hybridized carbons (Fsp3) is 1.00. The van der Waals surface area contributed by atoms with E-state index in [1.54, 1.807) is 0 Å². The minimum atomic E-state index is 0.189. The highest BCUT2D eigenvalue weighted by Gasteiger charge is 2.39. The van der Waals surface area contributed by atoms with Crippen LogP contribution in [0.2, 0.25) is 0 Å². The van der Waals surface area contributed by atoms with Crippen LogP contribution in [-0.4, -0.2) is 18.6 Å². The monoisotopic (exact) mass is 268 g/mol. The fourth-order valence-corrected chi connectivity index (χ4v) is 3.90. The van der Waals surface area contributed by atoms with Crippen LogP contribution in [0.25, 0.3) is 0 Å². The molecule has 3 N–H and O–H groups in total. The second kappa shape index (κ2) is 7.08. The van der Waals surface area contributed by atoms with Gasteiger partial charge >= 0.3 is 0 Å². The molecule has 0 radical (unpaired) electrons. The molecule has 0 aromatic heterocycles. The van der Waals surface area contributed by atoms with Crippen LogP contribution in [0, 0.1) is 29.6 Å². The fourth-order valence-electron chi connectivity index (χ4n) is 3.90. The molecular weight excluding hydrogens is 232 g/mol. The maximum atomic E-state index is 6.15. The molecule has 3 atom stereocenters. The number of nitrogens with two attached hydrogens (primary N) is 1. The summed E-state index contributed by atoms with van der Waals surface area (Å²) in [6, 6.07) is 0. The van der Waals surface area contributed by atoms with Gasteiger partial charge in [-0.2, -0.15) is 0 Å². The van der Waals surface area contributed by atoms with Gasteiger partial charge in [0.1, 0.15) is 0 Å². The molecule has 1 aliphatic rings. The van der Waals surface area contributed by atoms with E-state index in [2.05, 4.69) is 46.9 Å². The van der Waals surface area contributed by atoms with E-state index in [1.807, 2.05) is 0 Å². The molecule has 2 heteroatoms. The van der Waals surface area contributed by atoms with Gasteiger partial charge in [0, 0.05) is 12.1 Å². The van der Waals surface area contributed by atoms with Crippen molar-refractivity contribution in [3.05, 3.63) is 0 Å². The lowest BCUT2D eigenvalue weighted by Crippen LogP contribution is -2.59. The van der Waals surface area contributed by atoms with Gasteiger partial charge in [0.2, 0.25) is 0 Å². The summed E-state index contributed by atoms with van der Waals surface area (Å²) in [7, 11) is 0. The summed E-state index contributed by atoms with van der Waals surface area (Å²) in [5.74, 6) is 3.78. The van der Waals surface area contributed by atoms with Gasteiger partial charge in [0.25, 0.3) is 0 Å². The zero-order valence-corrected chi connectivity index (χ0v) is 14.0. The molecule has 2 nitrogen and oxygen atoms in total. The molecule has 0 bridgehead atoms. The van der Waals surface area contributed by atoms with Crippen LogP contribution in [0.4, 0.5) is 0 Å². The molecule has 1 saturated carbocycles. The SMILES string of the molecule is CC1CCC(CN)(NCC(C(C)C)C(C)C)C(C)C1. The average Bonchev–Trinajstić information content (AvgIpc) is 2.31. The minimum absolute atomic E-state index is 0.189. The Morgan fingerprint density at radius 1 is 1.16 bits per heavy atom. The van der Waals surface area contributed by atoms with E-state index in [-0.39, 0.29) is 5.54 Å². The predicted molar refractivity (Wildman–Crippen MR) is 85.1 cm³/mol. The van der Waals surface area contributed by atoms with Gasteiger partial charge in [0.05, 0.1) is 0 Å². The Kier molecular flexibility index (Phi) is 6.32. The molecule has 1 rings (SSSR count). The van der Waals surface area contributed by atoms with Gasteiger partial charge < -0.3 is 11.1 Å². The number of nitrogens with one attached hydrogen (secondary N) is 1. The van der Waals surface area contributed by atoms with Crippen LogP contribution < -0.4 is 11.1 Å². The van der Waals surface area contributed by atoms with Crippen LogP contribution >= 0.6 is 0 Å². The lowest BCUT2D eigenvalue weighted by atomic mass is 9.69. The third-order valence-corrected chi connectivity index (χ3v) is 5.55. The van der Waals surface area contributed by atoms with Gasteiger partial charge in [-0.05, 0) is 55.4 Å². The zero-order valence-electron chi connectivity index (χ0n) is 14.0. The molecule has 1 aliphatic carbocycles. The Bertz CT molecular complexity index is 254. The molecule has 0 aliphatic heterocycles. The summed E-state index contributed by atoms with van der Waals surface area (Å²) in [5.41, 5.74) is 6.34. The summed E-state index contributed by atoms with van der Waals surface area (Å²) in [5, 5.41) is 3.89. The zero-order chi connectivity index (χ0) is 14.6. The topological polar surface area (TPSA) is 38.0 Å². The average molecular weight is 268 g/mol. The molecule has 0 aromatic carbocycles. The highest BCUT2D eigenvalue weighted by Crippen LogP contribution is 2.36. The van der Waals surface area contributed by atoms with Crippen LogP contribution in [0.5, 0.6) is 0 Å². The predicted octanol–water partition coefficient (Wildman–Crippen LogP) is 3.66. The van der Waals surface area contributed by atoms with Gasteiger partial charge in [0.15, 0.2) is 0 Å². The summed E-state index contributed by atoms with van der Waals surface area (Å²) in [6.45, 7) is 16.0. The second-order valence-electron chi connectivity index (χ2n) is 7.67. The standard InChI is InChI=1S/C17H36N2/c1-12(2)16(13(3)4)10-19-17(11-18)8-7-14(5)9-15(17)6/h12-16,19H,7-11,18H2,1-6H3. The third-order valence-electron chi connectivity index (χ3n) is 5.55. The van der Waals surface area contributed by atoms with Crippen LogP contribution in [0.1, 0.15) is 60.8 Å². The van der Waals surface area contributed by atoms with Crippen molar-refractivity contribution >= 4 is 0 Å². The van der Waals surface area contributed by atoms with Crippen LogP contribution in [-0.2, 0) is 0 Å². The Morgan fingerprint density at radius 2 is 1.74 bits per heavy atom. The van der Waals surface area contributed by atoms with Crippen molar-refractivity contribution < 1.29 is 0 Å². The highest BCUT2D eigenvalue weighted by molar-refractivity contribution is 4.98. The second-order valence-corrected chi connectivity index (χ2v) is 7.67. The van der Waals surface area contributed by atoms with Crippen molar-refractivity contribution in [2.45, 2.75) is 66.3 Å². The van der Waals surface area contributed by atoms with Gasteiger partial charge in [-0.3, -0.25) is 0 Å². The molecule has 0 saturated heterocycles. The Hall–Kier alpha value is -0.0800. The maximum absolute atomic E-state index is 6.15. The summed E-state index contributed by atoms with van der Waals surface area (Å²) in [6.07, 6.45) is 3.88. The first kappa shape index (κ1) is 17.0. The number of hydrogen-bond donors (Lipinski definition) is 2. The molecule has 1 fully saturated rings. The van der Waals surface area contributed by atoms with Crippen molar-refractivity contribution in [1.29, 1.82) is 0 Å². The number of rotatable bonds is 6. The molecule has 0 heterocycles. The summed E-state index contributed by atoms with van der Waals surface area (Å²) < 4.78 is 0. The van der Waals surface area contributed by atoms with Crippen molar-refractivity contribution in [3.8, 4) is 0 Å². The first-order valence-electron chi connectivity index (χ1n) is 8.27. The van der Waals surface area contributed by atoms with E-state index in [9.17, 15) is 0 Å². The maximum Gasteiger partial charge on any atom is 0.0330 e. The van der Waals surface area contributed by atoms with E-state index in [0.717, 1.165) is 36.8 Å². The first-order chi connectivity index (χ1) is 8.82. The van der Waals surface area contributed by atoms with Crippen molar-refractivity contribution in [3.63, 3.8) is 0 Å². The Morgan fingerprint density at radius 3 is 2.16 bits per heavy atom. The van der Waals surface area contributed by atoms with Gasteiger partial charge in [-0.25, -0.2) is 0 Å². The van der Waals surface area contributed by atoms with E-state index < -0.39 is 0 Å². The lowest BCUT2D eigenvalue weighted by molar-refractivity contribution is 0.114. The van der Waals surface area contributed by atoms with Gasteiger partial charge in [-0.1, -0.05) is 41.5 Å². The molecule has 0 spiro atoms. The van der Waals surface area contributed by atoms with Crippen LogP contribution in [0.15, 0.2) is 0 Å². The molecule has 19 heavy (non-hydrogen) atoms. The summed E-state index contributed by atoms with van der Waals surface area (Å²) in [4.78, 5) is 0. The first-order valence-corrected chi connectivity index (χ1v) is 8.27. The van der Waals surface area contributed by atoms with E-state index in [4.69, 9.17) is 5.73 Å². The minimum Gasteiger partial charge on any atom is -0.329 e. The molecule has 0 aromatic rings.